The van der Waals surface area contributed by atoms with E-state index in [1.165, 1.54) is 0 Å². The molecule has 1 heterocycles. The highest BCUT2D eigenvalue weighted by atomic mass is 16.6. The van der Waals surface area contributed by atoms with Crippen molar-refractivity contribution < 1.29 is 24.5 Å². The Kier molecular flexibility index (Phi) is 2.36. The van der Waals surface area contributed by atoms with Crippen LogP contribution in [0.2, 0.25) is 0 Å². The van der Waals surface area contributed by atoms with Gasteiger partial charge in [-0.05, 0) is 6.42 Å². The van der Waals surface area contributed by atoms with Crippen LogP contribution in [-0.4, -0.2) is 22.2 Å². The number of ether oxygens (including phenoxy) is 1. The summed E-state index contributed by atoms with van der Waals surface area (Å²) < 4.78 is 4.51. The largest absolute Gasteiger partial charge is 0.504 e. The van der Waals surface area contributed by atoms with Crippen LogP contribution in [0.25, 0.3) is 0 Å². The monoisotopic (exact) mass is 184 g/mol. The number of carboxylic acid groups (broad SMARTS) is 1. The molecule has 0 unspecified atom stereocenters. The molecule has 0 saturated heterocycles. The third-order valence-corrected chi connectivity index (χ3v) is 1.58. The van der Waals surface area contributed by atoms with Gasteiger partial charge in [0.05, 0.1) is 11.6 Å². The number of aliphatic hydroxyl groups excluding tert-OH is 1. The van der Waals surface area contributed by atoms with Gasteiger partial charge in [0.1, 0.15) is 0 Å². The molecule has 5 heteroatoms. The van der Waals surface area contributed by atoms with Gasteiger partial charge < -0.3 is 14.9 Å². The molecule has 0 aromatic heterocycles. The van der Waals surface area contributed by atoms with E-state index in [0.29, 0.717) is 0 Å². The average Bonchev–Trinajstić information content (AvgIpc) is 2.31. The number of aliphatic carboxylic acids is 1. The highest BCUT2D eigenvalue weighted by molar-refractivity contribution is 5.93. The summed E-state index contributed by atoms with van der Waals surface area (Å²) in [6, 6.07) is 0. The van der Waals surface area contributed by atoms with Crippen LogP contribution >= 0.6 is 0 Å². The van der Waals surface area contributed by atoms with Crippen molar-refractivity contribution in [1.82, 2.24) is 0 Å². The zero-order chi connectivity index (χ0) is 10.0. The Balaban J connectivity index is 3.11. The lowest BCUT2D eigenvalue weighted by atomic mass is 10.1. The summed E-state index contributed by atoms with van der Waals surface area (Å²) in [7, 11) is 0. The normalized spacial score (nSPS) is 19.5. The van der Waals surface area contributed by atoms with E-state index in [4.69, 9.17) is 10.2 Å². The second-order valence-electron chi connectivity index (χ2n) is 2.42. The highest BCUT2D eigenvalue weighted by Gasteiger charge is 2.25. The fourth-order valence-electron chi connectivity index (χ4n) is 0.985. The number of esters is 1. The molecule has 1 aliphatic rings. The fourth-order valence-corrected chi connectivity index (χ4v) is 0.985. The quantitative estimate of drug-likeness (QED) is 0.488. The van der Waals surface area contributed by atoms with E-state index in [1.54, 1.807) is 6.92 Å². The third-order valence-electron chi connectivity index (χ3n) is 1.58. The van der Waals surface area contributed by atoms with Gasteiger partial charge in [0.25, 0.3) is 0 Å². The first kappa shape index (κ1) is 9.31. The Morgan fingerprint density at radius 1 is 1.62 bits per heavy atom. The minimum Gasteiger partial charge on any atom is -0.504 e. The van der Waals surface area contributed by atoms with Gasteiger partial charge in [-0.15, -0.1) is 0 Å². The Morgan fingerprint density at radius 3 is 2.54 bits per heavy atom. The minimum atomic E-state index is -1.20. The Bertz CT molecular complexity index is 323. The number of carboxylic acids is 1. The minimum absolute atomic E-state index is 0.111. The topological polar surface area (TPSA) is 83.8 Å². The molecule has 1 rings (SSSR count). The van der Waals surface area contributed by atoms with Crippen molar-refractivity contribution in [2.75, 3.05) is 0 Å². The smallest absolute Gasteiger partial charge is 0.340 e. The second-order valence-corrected chi connectivity index (χ2v) is 2.42. The molecule has 0 aromatic carbocycles. The third kappa shape index (κ3) is 1.69. The molecule has 2 N–H and O–H groups in total. The summed E-state index contributed by atoms with van der Waals surface area (Å²) in [5.41, 5.74) is -0.111. The number of carbonyl (C=O) groups is 2. The maximum atomic E-state index is 10.6. The van der Waals surface area contributed by atoms with E-state index in [2.05, 4.69) is 4.74 Å². The molecule has 0 aromatic rings. The molecule has 0 amide bonds. The Morgan fingerprint density at radius 2 is 2.23 bits per heavy atom. The molecular weight excluding hydrogens is 176 g/mol. The van der Waals surface area contributed by atoms with Crippen LogP contribution in [0.3, 0.4) is 0 Å². The van der Waals surface area contributed by atoms with E-state index in [-0.39, 0.29) is 17.8 Å². The lowest BCUT2D eigenvalue weighted by molar-refractivity contribution is -0.134. The van der Waals surface area contributed by atoms with Crippen LogP contribution in [0.1, 0.15) is 13.3 Å². The molecular formula is C8H8O5. The van der Waals surface area contributed by atoms with E-state index in [0.717, 1.165) is 6.08 Å². The van der Waals surface area contributed by atoms with Crippen molar-refractivity contribution in [2.45, 2.75) is 13.3 Å². The number of rotatable bonds is 2. The number of carbonyl (C=O) groups excluding carboxylic acids is 1. The van der Waals surface area contributed by atoms with Gasteiger partial charge in [-0.2, -0.15) is 0 Å². The summed E-state index contributed by atoms with van der Waals surface area (Å²) in [5, 5.41) is 17.8. The van der Waals surface area contributed by atoms with Crippen LogP contribution in [0.4, 0.5) is 0 Å². The molecule has 0 atom stereocenters. The predicted octanol–water partition coefficient (Wildman–Crippen LogP) is 0.734. The van der Waals surface area contributed by atoms with Crippen LogP contribution in [0.15, 0.2) is 23.2 Å². The summed E-state index contributed by atoms with van der Waals surface area (Å²) in [4.78, 5) is 21.2. The summed E-state index contributed by atoms with van der Waals surface area (Å²) in [6.07, 6.45) is 1.02. The van der Waals surface area contributed by atoms with Crippen LogP contribution in [-0.2, 0) is 14.3 Å². The second kappa shape index (κ2) is 3.30. The summed E-state index contributed by atoms with van der Waals surface area (Å²) in [5.74, 6) is -2.63. The van der Waals surface area contributed by atoms with Gasteiger partial charge in [-0.1, -0.05) is 6.92 Å². The Labute approximate surface area is 73.9 Å². The average molecular weight is 184 g/mol. The van der Waals surface area contributed by atoms with Crippen LogP contribution in [0.5, 0.6) is 0 Å². The van der Waals surface area contributed by atoms with E-state index < -0.39 is 17.7 Å². The van der Waals surface area contributed by atoms with Crippen molar-refractivity contribution in [2.24, 2.45) is 0 Å². The highest BCUT2D eigenvalue weighted by Crippen LogP contribution is 2.22. The molecule has 0 aliphatic carbocycles. The van der Waals surface area contributed by atoms with Gasteiger partial charge in [0.2, 0.25) is 0 Å². The predicted molar refractivity (Wildman–Crippen MR) is 41.8 cm³/mol. The van der Waals surface area contributed by atoms with Crippen molar-refractivity contribution >= 4 is 11.9 Å². The molecule has 0 fully saturated rings. The first-order chi connectivity index (χ1) is 6.06. The summed E-state index contributed by atoms with van der Waals surface area (Å²) >= 11 is 0. The first-order valence-corrected chi connectivity index (χ1v) is 3.65. The molecule has 0 radical (unpaired) electrons. The molecule has 0 spiro atoms. The maximum absolute atomic E-state index is 10.6. The lowest BCUT2D eigenvalue weighted by Gasteiger charge is -2.03. The number of aliphatic hydroxyl groups is 1. The standard InChI is InChI=1S/C8H8O5/c1-2-4(8(11)12)7-5(9)3-6(10)13-7/h3,9H,2H2,1H3,(H,11,12)/b7-4+. The van der Waals surface area contributed by atoms with Crippen molar-refractivity contribution in [3.8, 4) is 0 Å². The number of hydrogen-bond acceptors (Lipinski definition) is 4. The first-order valence-electron chi connectivity index (χ1n) is 3.65. The molecule has 13 heavy (non-hydrogen) atoms. The van der Waals surface area contributed by atoms with Crippen molar-refractivity contribution in [3.05, 3.63) is 23.2 Å². The number of cyclic esters (lactones) is 1. The van der Waals surface area contributed by atoms with Gasteiger partial charge in [-0.3, -0.25) is 0 Å². The van der Waals surface area contributed by atoms with Crippen LogP contribution < -0.4 is 0 Å². The SMILES string of the molecule is CC/C(C(=O)O)=C1\OC(=O)C=C1O. The molecule has 0 bridgehead atoms. The Hall–Kier alpha value is -1.78. The lowest BCUT2D eigenvalue weighted by Crippen LogP contribution is -2.06. The van der Waals surface area contributed by atoms with Crippen molar-refractivity contribution in [3.63, 3.8) is 0 Å². The fraction of sp³-hybridized carbons (Fsp3) is 0.250. The summed E-state index contributed by atoms with van der Waals surface area (Å²) in [6.45, 7) is 1.59. The van der Waals surface area contributed by atoms with E-state index in [9.17, 15) is 9.59 Å². The van der Waals surface area contributed by atoms with Gasteiger partial charge >= 0.3 is 11.9 Å². The zero-order valence-electron chi connectivity index (χ0n) is 6.90. The van der Waals surface area contributed by atoms with Crippen LogP contribution in [0, 0.1) is 0 Å². The molecule has 1 aliphatic heterocycles. The van der Waals surface area contributed by atoms with Gasteiger partial charge in [-0.25, -0.2) is 9.59 Å². The van der Waals surface area contributed by atoms with Gasteiger partial charge in [0.15, 0.2) is 11.5 Å². The number of hydrogen-bond donors (Lipinski definition) is 2. The maximum Gasteiger partial charge on any atom is 0.340 e. The molecule has 0 saturated carbocycles. The van der Waals surface area contributed by atoms with E-state index in [1.807, 2.05) is 0 Å². The zero-order valence-corrected chi connectivity index (χ0v) is 6.90. The van der Waals surface area contributed by atoms with Gasteiger partial charge in [0, 0.05) is 0 Å². The van der Waals surface area contributed by atoms with Crippen molar-refractivity contribution in [1.29, 1.82) is 0 Å². The molecule has 5 nitrogen and oxygen atoms in total. The van der Waals surface area contributed by atoms with E-state index >= 15 is 0 Å². The molecule has 70 valence electrons.